The molecule has 2 aromatic heterocycles. The smallest absolute Gasteiger partial charge is 0.313 e. The Kier molecular flexibility index (Phi) is 3.76. The van der Waals surface area contributed by atoms with Gasteiger partial charge in [-0.15, -0.1) is 0 Å². The second-order valence-corrected chi connectivity index (χ2v) is 6.36. The average Bonchev–Trinajstić information content (AvgIpc) is 2.61. The number of H-pyrrole nitrogens is 1. The standard InChI is InChI=1S/C10H12Br2N4O2/c1-5(11)3-4-16-6-7(13-9(16)12)15(2)10(18)14-8(6)17/h5H,3-4H2,1-2H3,(H,14,17,18)/t5-/m0/s1. The molecule has 1 atom stereocenters. The zero-order chi connectivity index (χ0) is 13.4. The van der Waals surface area contributed by atoms with Crippen LogP contribution in [0.25, 0.3) is 11.2 Å². The summed E-state index contributed by atoms with van der Waals surface area (Å²) >= 11 is 6.78. The first kappa shape index (κ1) is 13.5. The van der Waals surface area contributed by atoms with Crippen molar-refractivity contribution in [2.75, 3.05) is 0 Å². The summed E-state index contributed by atoms with van der Waals surface area (Å²) in [5.41, 5.74) is -0.0676. The van der Waals surface area contributed by atoms with Crippen LogP contribution >= 0.6 is 31.9 Å². The summed E-state index contributed by atoms with van der Waals surface area (Å²) in [5, 5.41) is 0. The van der Waals surface area contributed by atoms with Crippen LogP contribution in [0.5, 0.6) is 0 Å². The van der Waals surface area contributed by atoms with Crippen molar-refractivity contribution in [2.24, 2.45) is 7.05 Å². The molecular formula is C10H12Br2N4O2. The molecule has 0 aromatic carbocycles. The number of nitrogens with one attached hydrogen (secondary N) is 1. The zero-order valence-electron chi connectivity index (χ0n) is 9.91. The molecule has 2 aromatic rings. The van der Waals surface area contributed by atoms with Crippen molar-refractivity contribution in [3.8, 4) is 0 Å². The summed E-state index contributed by atoms with van der Waals surface area (Å²) in [4.78, 5) is 30.2. The minimum atomic E-state index is -0.460. The molecule has 0 aliphatic heterocycles. The number of halogens is 2. The van der Waals surface area contributed by atoms with E-state index in [2.05, 4.69) is 41.8 Å². The molecule has 0 bridgehead atoms. The molecule has 0 radical (unpaired) electrons. The van der Waals surface area contributed by atoms with Gasteiger partial charge in [0, 0.05) is 18.4 Å². The predicted octanol–water partition coefficient (Wildman–Crippen LogP) is 1.36. The van der Waals surface area contributed by atoms with Crippen LogP contribution < -0.4 is 11.2 Å². The van der Waals surface area contributed by atoms with Gasteiger partial charge in [-0.05, 0) is 22.4 Å². The van der Waals surface area contributed by atoms with Gasteiger partial charge < -0.3 is 4.57 Å². The lowest BCUT2D eigenvalue weighted by atomic mass is 10.3. The van der Waals surface area contributed by atoms with E-state index in [1.165, 1.54) is 4.57 Å². The fourth-order valence-electron chi connectivity index (χ4n) is 1.72. The van der Waals surface area contributed by atoms with E-state index in [-0.39, 0.29) is 0 Å². The first-order valence-corrected chi connectivity index (χ1v) is 7.11. The Morgan fingerprint density at radius 1 is 1.44 bits per heavy atom. The number of alkyl halides is 1. The lowest BCUT2D eigenvalue weighted by Crippen LogP contribution is -2.29. The molecule has 2 heterocycles. The summed E-state index contributed by atoms with van der Waals surface area (Å²) in [7, 11) is 1.58. The van der Waals surface area contributed by atoms with Gasteiger partial charge >= 0.3 is 5.69 Å². The number of aryl methyl sites for hydroxylation is 2. The Morgan fingerprint density at radius 3 is 2.72 bits per heavy atom. The van der Waals surface area contributed by atoms with Crippen LogP contribution in [0, 0.1) is 0 Å². The lowest BCUT2D eigenvalue weighted by molar-refractivity contribution is 0.645. The molecule has 0 aliphatic rings. The number of fused-ring (bicyclic) bond motifs is 1. The summed E-state index contributed by atoms with van der Waals surface area (Å²) in [6.07, 6.45) is 0.854. The maximum atomic E-state index is 11.9. The highest BCUT2D eigenvalue weighted by Crippen LogP contribution is 2.17. The van der Waals surface area contributed by atoms with Crippen molar-refractivity contribution in [3.05, 3.63) is 25.6 Å². The van der Waals surface area contributed by atoms with Crippen LogP contribution in [0.3, 0.4) is 0 Å². The van der Waals surface area contributed by atoms with Crippen LogP contribution in [0.2, 0.25) is 0 Å². The van der Waals surface area contributed by atoms with Gasteiger partial charge in [-0.3, -0.25) is 14.3 Å². The summed E-state index contributed by atoms with van der Waals surface area (Å²) in [6.45, 7) is 2.68. The number of aromatic nitrogens is 4. The Labute approximate surface area is 119 Å². The number of hydrogen-bond acceptors (Lipinski definition) is 3. The molecule has 8 heteroatoms. The zero-order valence-corrected chi connectivity index (χ0v) is 13.1. The molecular weight excluding hydrogens is 368 g/mol. The number of rotatable bonds is 3. The first-order valence-electron chi connectivity index (χ1n) is 5.41. The normalized spacial score (nSPS) is 13.1. The molecule has 0 unspecified atom stereocenters. The van der Waals surface area contributed by atoms with Crippen molar-refractivity contribution >= 4 is 43.0 Å². The molecule has 0 amide bonds. The Bertz CT molecular complexity index is 698. The quantitative estimate of drug-likeness (QED) is 0.646. The minimum Gasteiger partial charge on any atom is -0.313 e. The third-order valence-electron chi connectivity index (χ3n) is 2.71. The van der Waals surface area contributed by atoms with E-state index in [0.29, 0.717) is 27.3 Å². The predicted molar refractivity (Wildman–Crippen MR) is 76.3 cm³/mol. The van der Waals surface area contributed by atoms with E-state index in [0.717, 1.165) is 6.42 Å². The highest BCUT2D eigenvalue weighted by molar-refractivity contribution is 9.10. The highest BCUT2D eigenvalue weighted by atomic mass is 79.9. The summed E-state index contributed by atoms with van der Waals surface area (Å²) < 4.78 is 3.65. The second kappa shape index (κ2) is 5.00. The number of nitrogens with zero attached hydrogens (tertiary/aromatic N) is 3. The highest BCUT2D eigenvalue weighted by Gasteiger charge is 2.15. The van der Waals surface area contributed by atoms with Crippen molar-refractivity contribution < 1.29 is 0 Å². The fraction of sp³-hybridized carbons (Fsp3) is 0.500. The lowest BCUT2D eigenvalue weighted by Gasteiger charge is -2.06. The van der Waals surface area contributed by atoms with Gasteiger partial charge in [-0.2, -0.15) is 0 Å². The Balaban J connectivity index is 2.68. The fourth-order valence-corrected chi connectivity index (χ4v) is 2.45. The molecule has 0 saturated heterocycles. The van der Waals surface area contributed by atoms with Crippen molar-refractivity contribution in [2.45, 2.75) is 24.7 Å². The Morgan fingerprint density at radius 2 is 2.11 bits per heavy atom. The van der Waals surface area contributed by atoms with Gasteiger partial charge in [0.1, 0.15) is 0 Å². The maximum absolute atomic E-state index is 11.9. The molecule has 98 valence electrons. The largest absolute Gasteiger partial charge is 0.329 e. The van der Waals surface area contributed by atoms with Crippen molar-refractivity contribution in [3.63, 3.8) is 0 Å². The van der Waals surface area contributed by atoms with Crippen molar-refractivity contribution in [1.29, 1.82) is 0 Å². The number of aromatic amines is 1. The van der Waals surface area contributed by atoms with Crippen LogP contribution in [0.1, 0.15) is 13.3 Å². The van der Waals surface area contributed by atoms with Gasteiger partial charge in [-0.25, -0.2) is 9.78 Å². The van der Waals surface area contributed by atoms with Crippen molar-refractivity contribution in [1.82, 2.24) is 19.1 Å². The van der Waals surface area contributed by atoms with Gasteiger partial charge in [0.05, 0.1) is 0 Å². The SMILES string of the molecule is C[C@H](Br)CCn1c(Br)nc2c1c(=O)[nH]c(=O)n2C. The van der Waals surface area contributed by atoms with E-state index < -0.39 is 11.2 Å². The monoisotopic (exact) mass is 378 g/mol. The second-order valence-electron chi connectivity index (χ2n) is 4.09. The van der Waals surface area contributed by atoms with E-state index in [1.807, 2.05) is 6.92 Å². The number of hydrogen-bond donors (Lipinski definition) is 1. The van der Waals surface area contributed by atoms with Gasteiger partial charge in [0.25, 0.3) is 5.56 Å². The summed E-state index contributed by atoms with van der Waals surface area (Å²) in [6, 6.07) is 0. The van der Waals surface area contributed by atoms with Gasteiger partial charge in [-0.1, -0.05) is 22.9 Å². The van der Waals surface area contributed by atoms with Gasteiger partial charge in [0.2, 0.25) is 0 Å². The van der Waals surface area contributed by atoms with E-state index in [1.54, 1.807) is 11.6 Å². The van der Waals surface area contributed by atoms with E-state index >= 15 is 0 Å². The minimum absolute atomic E-state index is 0.341. The molecule has 0 aliphatic carbocycles. The van der Waals surface area contributed by atoms with E-state index in [9.17, 15) is 9.59 Å². The third-order valence-corrected chi connectivity index (χ3v) is 3.77. The average molecular weight is 380 g/mol. The molecule has 0 saturated carbocycles. The molecule has 1 N–H and O–H groups in total. The Hall–Kier alpha value is -0.890. The molecule has 0 fully saturated rings. The maximum Gasteiger partial charge on any atom is 0.329 e. The number of imidazole rings is 1. The van der Waals surface area contributed by atoms with E-state index in [4.69, 9.17) is 0 Å². The molecule has 18 heavy (non-hydrogen) atoms. The van der Waals surface area contributed by atoms with Crippen LogP contribution in [-0.2, 0) is 13.6 Å². The van der Waals surface area contributed by atoms with Crippen LogP contribution in [-0.4, -0.2) is 23.9 Å². The third kappa shape index (κ3) is 2.31. The van der Waals surface area contributed by atoms with Crippen LogP contribution in [0.4, 0.5) is 0 Å². The van der Waals surface area contributed by atoms with Crippen LogP contribution in [0.15, 0.2) is 14.3 Å². The molecule has 0 spiro atoms. The summed E-state index contributed by atoms with van der Waals surface area (Å²) in [5.74, 6) is 0. The molecule has 2 rings (SSSR count). The topological polar surface area (TPSA) is 72.7 Å². The molecule has 6 nitrogen and oxygen atoms in total. The first-order chi connectivity index (χ1) is 8.41. The van der Waals surface area contributed by atoms with Gasteiger partial charge in [0.15, 0.2) is 15.9 Å².